The van der Waals surface area contributed by atoms with Crippen molar-refractivity contribution in [3.8, 4) is 0 Å². The molecule has 2 rings (SSSR count). The van der Waals surface area contributed by atoms with Crippen LogP contribution in [0.15, 0.2) is 28.7 Å². The Kier molecular flexibility index (Phi) is 5.63. The topological polar surface area (TPSA) is 24.5 Å². The molecule has 1 N–H and O–H groups in total. The minimum Gasteiger partial charge on any atom is -0.374 e. The third-order valence-corrected chi connectivity index (χ3v) is 3.75. The van der Waals surface area contributed by atoms with Gasteiger partial charge in [0.1, 0.15) is 0 Å². The Bertz CT molecular complexity index is 373. The summed E-state index contributed by atoms with van der Waals surface area (Å²) in [6.45, 7) is 8.11. The minimum absolute atomic E-state index is 0.325. The predicted molar refractivity (Wildman–Crippen MR) is 77.7 cm³/mol. The molecule has 4 heteroatoms. The van der Waals surface area contributed by atoms with E-state index in [1.54, 1.807) is 0 Å². The maximum absolute atomic E-state index is 5.76. The molecule has 3 nitrogen and oxygen atoms in total. The van der Waals surface area contributed by atoms with Gasteiger partial charge in [0, 0.05) is 30.7 Å². The highest BCUT2D eigenvalue weighted by Gasteiger charge is 2.18. The SMILES string of the molecule is CCN1CCOC(CNCc2cccc(Br)c2)C1. The fraction of sp³-hybridized carbons (Fsp3) is 0.571. The highest BCUT2D eigenvalue weighted by Crippen LogP contribution is 2.11. The molecule has 0 radical (unpaired) electrons. The lowest BCUT2D eigenvalue weighted by Gasteiger charge is -2.32. The summed E-state index contributed by atoms with van der Waals surface area (Å²) in [6.07, 6.45) is 0.325. The maximum Gasteiger partial charge on any atom is 0.0826 e. The van der Waals surface area contributed by atoms with Crippen molar-refractivity contribution in [2.24, 2.45) is 0 Å². The van der Waals surface area contributed by atoms with Gasteiger partial charge in [0.15, 0.2) is 0 Å². The zero-order valence-corrected chi connectivity index (χ0v) is 12.4. The summed E-state index contributed by atoms with van der Waals surface area (Å²) in [5, 5.41) is 3.47. The summed E-state index contributed by atoms with van der Waals surface area (Å²) in [4.78, 5) is 2.44. The first-order valence-corrected chi connectivity index (χ1v) is 7.36. The van der Waals surface area contributed by atoms with E-state index in [0.29, 0.717) is 6.10 Å². The second-order valence-corrected chi connectivity index (χ2v) is 5.56. The summed E-state index contributed by atoms with van der Waals surface area (Å²) in [5.41, 5.74) is 1.30. The molecule has 1 unspecified atom stereocenters. The van der Waals surface area contributed by atoms with Crippen LogP contribution in [0.2, 0.25) is 0 Å². The summed E-state index contributed by atoms with van der Waals surface area (Å²) < 4.78 is 6.89. The Hall–Kier alpha value is -0.420. The minimum atomic E-state index is 0.325. The average molecular weight is 313 g/mol. The highest BCUT2D eigenvalue weighted by atomic mass is 79.9. The largest absolute Gasteiger partial charge is 0.374 e. The van der Waals surface area contributed by atoms with Crippen molar-refractivity contribution in [2.75, 3.05) is 32.8 Å². The number of nitrogens with zero attached hydrogens (tertiary/aromatic N) is 1. The Balaban J connectivity index is 1.72. The predicted octanol–water partition coefficient (Wildman–Crippen LogP) is 2.26. The van der Waals surface area contributed by atoms with Gasteiger partial charge in [-0.05, 0) is 24.2 Å². The van der Waals surface area contributed by atoms with Gasteiger partial charge in [-0.25, -0.2) is 0 Å². The number of benzene rings is 1. The van der Waals surface area contributed by atoms with E-state index in [1.165, 1.54) is 5.56 Å². The highest BCUT2D eigenvalue weighted by molar-refractivity contribution is 9.10. The molecule has 1 heterocycles. The Morgan fingerprint density at radius 1 is 1.50 bits per heavy atom. The van der Waals surface area contributed by atoms with Crippen molar-refractivity contribution < 1.29 is 4.74 Å². The van der Waals surface area contributed by atoms with Gasteiger partial charge in [-0.3, -0.25) is 4.90 Å². The van der Waals surface area contributed by atoms with Gasteiger partial charge < -0.3 is 10.1 Å². The van der Waals surface area contributed by atoms with E-state index in [0.717, 1.165) is 43.8 Å². The molecule has 0 aliphatic carbocycles. The molecule has 0 spiro atoms. The van der Waals surface area contributed by atoms with Gasteiger partial charge in [0.25, 0.3) is 0 Å². The molecule has 100 valence electrons. The molecule has 1 atom stereocenters. The number of nitrogens with one attached hydrogen (secondary N) is 1. The molecule has 1 aromatic carbocycles. The number of hydrogen-bond acceptors (Lipinski definition) is 3. The van der Waals surface area contributed by atoms with Gasteiger partial charge >= 0.3 is 0 Å². The van der Waals surface area contributed by atoms with E-state index < -0.39 is 0 Å². The van der Waals surface area contributed by atoms with Gasteiger partial charge in [-0.2, -0.15) is 0 Å². The first kappa shape index (κ1) is 14.0. The maximum atomic E-state index is 5.76. The number of halogens is 1. The monoisotopic (exact) mass is 312 g/mol. The van der Waals surface area contributed by atoms with Crippen molar-refractivity contribution in [3.05, 3.63) is 34.3 Å². The van der Waals surface area contributed by atoms with Crippen LogP contribution in [0, 0.1) is 0 Å². The fourth-order valence-electron chi connectivity index (χ4n) is 2.22. The van der Waals surface area contributed by atoms with Crippen LogP contribution < -0.4 is 5.32 Å². The Morgan fingerprint density at radius 2 is 2.39 bits per heavy atom. The molecule has 1 aromatic rings. The molecule has 1 saturated heterocycles. The molecule has 0 amide bonds. The van der Waals surface area contributed by atoms with E-state index in [2.05, 4.69) is 51.3 Å². The number of hydrogen-bond donors (Lipinski definition) is 1. The van der Waals surface area contributed by atoms with Gasteiger partial charge in [-0.1, -0.05) is 35.0 Å². The first-order valence-electron chi connectivity index (χ1n) is 6.57. The molecular weight excluding hydrogens is 292 g/mol. The van der Waals surface area contributed by atoms with Crippen molar-refractivity contribution in [1.82, 2.24) is 10.2 Å². The Morgan fingerprint density at radius 3 is 3.17 bits per heavy atom. The van der Waals surface area contributed by atoms with Crippen LogP contribution in [0.4, 0.5) is 0 Å². The second kappa shape index (κ2) is 7.24. The van der Waals surface area contributed by atoms with Crippen LogP contribution >= 0.6 is 15.9 Å². The van der Waals surface area contributed by atoms with Crippen LogP contribution in [0.3, 0.4) is 0 Å². The number of morpholine rings is 1. The summed E-state index contributed by atoms with van der Waals surface area (Å²) in [6, 6.07) is 8.40. The number of rotatable bonds is 5. The van der Waals surface area contributed by atoms with Crippen molar-refractivity contribution in [1.29, 1.82) is 0 Å². The zero-order valence-electron chi connectivity index (χ0n) is 10.9. The van der Waals surface area contributed by atoms with Gasteiger partial charge in [-0.15, -0.1) is 0 Å². The molecule has 0 bridgehead atoms. The van der Waals surface area contributed by atoms with Crippen molar-refractivity contribution >= 4 is 15.9 Å². The normalized spacial score (nSPS) is 21.1. The van der Waals surface area contributed by atoms with Crippen LogP contribution in [0.25, 0.3) is 0 Å². The molecule has 1 fully saturated rings. The van der Waals surface area contributed by atoms with Crippen molar-refractivity contribution in [2.45, 2.75) is 19.6 Å². The smallest absolute Gasteiger partial charge is 0.0826 e. The van der Waals surface area contributed by atoms with E-state index >= 15 is 0 Å². The van der Waals surface area contributed by atoms with Gasteiger partial charge in [0.2, 0.25) is 0 Å². The number of likely N-dealkylation sites (N-methyl/N-ethyl adjacent to an activating group) is 1. The first-order chi connectivity index (χ1) is 8.78. The van der Waals surface area contributed by atoms with Crippen LogP contribution in [-0.4, -0.2) is 43.8 Å². The lowest BCUT2D eigenvalue weighted by Crippen LogP contribution is -2.46. The van der Waals surface area contributed by atoms with Crippen LogP contribution in [0.5, 0.6) is 0 Å². The molecule has 18 heavy (non-hydrogen) atoms. The molecule has 0 saturated carbocycles. The third-order valence-electron chi connectivity index (χ3n) is 3.26. The van der Waals surface area contributed by atoms with Crippen LogP contribution in [-0.2, 0) is 11.3 Å². The zero-order chi connectivity index (χ0) is 12.8. The molecule has 0 aromatic heterocycles. The lowest BCUT2D eigenvalue weighted by atomic mass is 10.2. The average Bonchev–Trinajstić information content (AvgIpc) is 2.39. The number of ether oxygens (including phenoxy) is 1. The third kappa shape index (κ3) is 4.35. The lowest BCUT2D eigenvalue weighted by molar-refractivity contribution is -0.0253. The fourth-order valence-corrected chi connectivity index (χ4v) is 2.66. The van der Waals surface area contributed by atoms with E-state index in [-0.39, 0.29) is 0 Å². The summed E-state index contributed by atoms with van der Waals surface area (Å²) in [7, 11) is 0. The molecule has 1 aliphatic heterocycles. The quantitative estimate of drug-likeness (QED) is 0.902. The summed E-state index contributed by atoms with van der Waals surface area (Å²) >= 11 is 3.49. The Labute approximate surface area is 118 Å². The van der Waals surface area contributed by atoms with Gasteiger partial charge in [0.05, 0.1) is 12.7 Å². The standard InChI is InChI=1S/C14H21BrN2O/c1-2-17-6-7-18-14(11-17)10-16-9-12-4-3-5-13(15)8-12/h3-5,8,14,16H,2,6-7,9-11H2,1H3. The van der Waals surface area contributed by atoms with E-state index in [9.17, 15) is 0 Å². The van der Waals surface area contributed by atoms with E-state index in [4.69, 9.17) is 4.74 Å². The van der Waals surface area contributed by atoms with Crippen LogP contribution in [0.1, 0.15) is 12.5 Å². The second-order valence-electron chi connectivity index (χ2n) is 4.65. The molecular formula is C14H21BrN2O. The van der Waals surface area contributed by atoms with E-state index in [1.807, 2.05) is 6.07 Å². The van der Waals surface area contributed by atoms with Crippen molar-refractivity contribution in [3.63, 3.8) is 0 Å². The summed E-state index contributed by atoms with van der Waals surface area (Å²) in [5.74, 6) is 0. The molecule has 1 aliphatic rings.